The summed E-state index contributed by atoms with van der Waals surface area (Å²) in [6, 6.07) is 20.9. The predicted molar refractivity (Wildman–Crippen MR) is 122 cm³/mol. The van der Waals surface area contributed by atoms with Crippen LogP contribution in [0.1, 0.15) is 32.9 Å². The molecule has 0 aliphatic heterocycles. The van der Waals surface area contributed by atoms with Crippen molar-refractivity contribution in [3.8, 4) is 11.4 Å². The molecule has 0 aliphatic carbocycles. The van der Waals surface area contributed by atoms with Crippen LogP contribution in [0.3, 0.4) is 0 Å². The minimum absolute atomic E-state index is 0.00697. The zero-order valence-corrected chi connectivity index (χ0v) is 17.5. The van der Waals surface area contributed by atoms with Gasteiger partial charge in [-0.2, -0.15) is 0 Å². The first-order valence-corrected chi connectivity index (χ1v) is 10.3. The number of nitrogens with zero attached hydrogens (tertiary/aromatic N) is 3. The molecule has 2 aromatic carbocycles. The summed E-state index contributed by atoms with van der Waals surface area (Å²) >= 11 is 0. The Morgan fingerprint density at radius 1 is 0.968 bits per heavy atom. The van der Waals surface area contributed by atoms with E-state index in [2.05, 4.69) is 34.6 Å². The van der Waals surface area contributed by atoms with E-state index in [1.807, 2.05) is 72.9 Å². The van der Waals surface area contributed by atoms with Crippen LogP contribution in [0.2, 0.25) is 0 Å². The van der Waals surface area contributed by atoms with E-state index in [4.69, 9.17) is 4.98 Å². The third kappa shape index (κ3) is 3.55. The summed E-state index contributed by atoms with van der Waals surface area (Å²) in [5.41, 5.74) is 7.40. The van der Waals surface area contributed by atoms with E-state index in [0.29, 0.717) is 17.7 Å². The maximum atomic E-state index is 12.8. The van der Waals surface area contributed by atoms with Gasteiger partial charge in [0.15, 0.2) is 5.78 Å². The van der Waals surface area contributed by atoms with E-state index < -0.39 is 0 Å². The maximum absolute atomic E-state index is 12.8. The Hall–Kier alpha value is -3.99. The fraction of sp³-hybridized carbons (Fsp3) is 0.115. The van der Waals surface area contributed by atoms with Gasteiger partial charge < -0.3 is 9.55 Å². The summed E-state index contributed by atoms with van der Waals surface area (Å²) in [6.45, 7) is 4.90. The van der Waals surface area contributed by atoms with Crippen LogP contribution in [0.25, 0.3) is 22.4 Å². The summed E-state index contributed by atoms with van der Waals surface area (Å²) in [5, 5.41) is 0. The molecule has 0 fully saturated rings. The lowest BCUT2D eigenvalue weighted by atomic mass is 10.0. The van der Waals surface area contributed by atoms with Gasteiger partial charge in [-0.15, -0.1) is 0 Å². The molecule has 0 unspecified atom stereocenters. The van der Waals surface area contributed by atoms with Crippen molar-refractivity contribution in [3.05, 3.63) is 107 Å². The number of rotatable bonds is 5. The molecule has 0 bridgehead atoms. The summed E-state index contributed by atoms with van der Waals surface area (Å²) in [7, 11) is 0. The lowest BCUT2D eigenvalue weighted by molar-refractivity contribution is 0.103. The van der Waals surface area contributed by atoms with Gasteiger partial charge in [0.25, 0.3) is 0 Å². The molecule has 5 rings (SSSR count). The number of hydrogen-bond acceptors (Lipinski definition) is 3. The number of aromatic nitrogens is 4. The van der Waals surface area contributed by atoms with Crippen LogP contribution >= 0.6 is 0 Å². The highest BCUT2D eigenvalue weighted by atomic mass is 16.1. The minimum Gasteiger partial charge on any atom is -0.345 e. The van der Waals surface area contributed by atoms with E-state index in [0.717, 1.165) is 39.4 Å². The van der Waals surface area contributed by atoms with Crippen molar-refractivity contribution < 1.29 is 4.79 Å². The zero-order valence-electron chi connectivity index (χ0n) is 17.5. The molecule has 5 aromatic rings. The van der Waals surface area contributed by atoms with Crippen LogP contribution < -0.4 is 0 Å². The highest BCUT2D eigenvalue weighted by Gasteiger charge is 2.17. The van der Waals surface area contributed by atoms with E-state index in [9.17, 15) is 4.79 Å². The fourth-order valence-electron chi connectivity index (χ4n) is 4.04. The molecule has 0 spiro atoms. The van der Waals surface area contributed by atoms with Crippen molar-refractivity contribution in [1.29, 1.82) is 0 Å². The Labute approximate surface area is 180 Å². The molecule has 0 aliphatic rings. The van der Waals surface area contributed by atoms with E-state index in [1.165, 1.54) is 0 Å². The van der Waals surface area contributed by atoms with Crippen LogP contribution in [0.4, 0.5) is 0 Å². The molecule has 31 heavy (non-hydrogen) atoms. The number of ketones is 1. The monoisotopic (exact) mass is 406 g/mol. The zero-order chi connectivity index (χ0) is 21.4. The van der Waals surface area contributed by atoms with Gasteiger partial charge in [-0.1, -0.05) is 36.4 Å². The largest absolute Gasteiger partial charge is 0.345 e. The average Bonchev–Trinajstić information content (AvgIpc) is 3.33. The smallest absolute Gasteiger partial charge is 0.193 e. The number of aromatic amines is 1. The number of fused-ring (bicyclic) bond motifs is 1. The average molecular weight is 406 g/mol. The lowest BCUT2D eigenvalue weighted by Gasteiger charge is -2.06. The number of carbonyl (C=O) groups excluding carboxylic acids is 1. The number of imidazole rings is 1. The first-order valence-electron chi connectivity index (χ1n) is 10.3. The molecule has 5 nitrogen and oxygen atoms in total. The number of pyridine rings is 1. The van der Waals surface area contributed by atoms with Crippen molar-refractivity contribution in [2.24, 2.45) is 0 Å². The topological polar surface area (TPSA) is 63.6 Å². The van der Waals surface area contributed by atoms with Crippen LogP contribution in [0.5, 0.6) is 0 Å². The second kappa shape index (κ2) is 7.69. The lowest BCUT2D eigenvalue weighted by Crippen LogP contribution is -2.02. The van der Waals surface area contributed by atoms with Gasteiger partial charge in [-0.25, -0.2) is 4.98 Å². The van der Waals surface area contributed by atoms with E-state index in [1.54, 1.807) is 0 Å². The van der Waals surface area contributed by atoms with Gasteiger partial charge in [0.05, 0.1) is 23.3 Å². The van der Waals surface area contributed by atoms with Crippen LogP contribution in [-0.2, 0) is 6.54 Å². The first kappa shape index (κ1) is 19.0. The molecule has 0 amide bonds. The van der Waals surface area contributed by atoms with Gasteiger partial charge >= 0.3 is 0 Å². The summed E-state index contributed by atoms with van der Waals surface area (Å²) in [4.78, 5) is 25.5. The number of H-pyrrole nitrogens is 1. The van der Waals surface area contributed by atoms with Crippen molar-refractivity contribution in [2.45, 2.75) is 20.4 Å². The molecule has 0 radical (unpaired) electrons. The summed E-state index contributed by atoms with van der Waals surface area (Å²) in [5.74, 6) is 0.821. The molecule has 3 aromatic heterocycles. The van der Waals surface area contributed by atoms with Crippen molar-refractivity contribution in [3.63, 3.8) is 0 Å². The summed E-state index contributed by atoms with van der Waals surface area (Å²) in [6.07, 6.45) is 3.95. The molecule has 0 atom stereocenters. The Balaban J connectivity index is 1.50. The van der Waals surface area contributed by atoms with Crippen LogP contribution in [-0.4, -0.2) is 25.3 Å². The molecule has 0 saturated carbocycles. The fourth-order valence-corrected chi connectivity index (χ4v) is 4.04. The Morgan fingerprint density at radius 3 is 2.55 bits per heavy atom. The standard InChI is InChI=1S/C26H22N4O/c1-17-15-30(16-21-10-6-7-13-27-21)18(2)24(17)26-28-22-12-11-20(14-23(22)29-26)25(31)19-8-4-3-5-9-19/h3-15H,16H2,1-2H3,(H,28,29). The number of hydrogen-bond donors (Lipinski definition) is 1. The SMILES string of the molecule is Cc1cn(Cc2ccccn2)c(C)c1-c1nc2ccc(C(=O)c3ccccc3)cc2[nH]1. The van der Waals surface area contributed by atoms with E-state index in [-0.39, 0.29) is 5.78 Å². The van der Waals surface area contributed by atoms with Crippen molar-refractivity contribution in [1.82, 2.24) is 19.5 Å². The molecule has 3 heterocycles. The van der Waals surface area contributed by atoms with Crippen molar-refractivity contribution >= 4 is 16.8 Å². The highest BCUT2D eigenvalue weighted by molar-refractivity contribution is 6.10. The van der Waals surface area contributed by atoms with Crippen molar-refractivity contribution in [2.75, 3.05) is 0 Å². The number of aryl methyl sites for hydroxylation is 1. The van der Waals surface area contributed by atoms with Gasteiger partial charge in [0, 0.05) is 34.8 Å². The number of carbonyl (C=O) groups is 1. The Kier molecular flexibility index (Phi) is 4.71. The van der Waals surface area contributed by atoms with E-state index >= 15 is 0 Å². The van der Waals surface area contributed by atoms with Gasteiger partial charge in [-0.3, -0.25) is 9.78 Å². The number of benzene rings is 2. The third-order valence-electron chi connectivity index (χ3n) is 5.61. The summed E-state index contributed by atoms with van der Waals surface area (Å²) < 4.78 is 2.20. The molecule has 1 N–H and O–H groups in total. The Morgan fingerprint density at radius 2 is 1.77 bits per heavy atom. The Bertz CT molecular complexity index is 1380. The first-order chi connectivity index (χ1) is 15.1. The van der Waals surface area contributed by atoms with Crippen LogP contribution in [0, 0.1) is 13.8 Å². The molecule has 152 valence electrons. The van der Waals surface area contributed by atoms with Gasteiger partial charge in [0.1, 0.15) is 5.82 Å². The molecular weight excluding hydrogens is 384 g/mol. The quantitative estimate of drug-likeness (QED) is 0.402. The molecule has 5 heteroatoms. The van der Waals surface area contributed by atoms with Crippen LogP contribution in [0.15, 0.2) is 79.1 Å². The normalized spacial score (nSPS) is 11.2. The third-order valence-corrected chi connectivity index (χ3v) is 5.61. The van der Waals surface area contributed by atoms with Gasteiger partial charge in [0.2, 0.25) is 0 Å². The molecular formula is C26H22N4O. The number of nitrogens with one attached hydrogen (secondary N) is 1. The second-order valence-corrected chi connectivity index (χ2v) is 7.73. The highest BCUT2D eigenvalue weighted by Crippen LogP contribution is 2.29. The predicted octanol–water partition coefficient (Wildman–Crippen LogP) is 5.32. The maximum Gasteiger partial charge on any atom is 0.193 e. The second-order valence-electron chi connectivity index (χ2n) is 7.73. The van der Waals surface area contributed by atoms with Gasteiger partial charge in [-0.05, 0) is 49.7 Å². The minimum atomic E-state index is 0.00697. The molecule has 0 saturated heterocycles.